The van der Waals surface area contributed by atoms with Crippen LogP contribution in [0, 0.1) is 0 Å². The Balaban J connectivity index is 2.54. The highest BCUT2D eigenvalue weighted by Crippen LogP contribution is 2.23. The summed E-state index contributed by atoms with van der Waals surface area (Å²) >= 11 is 0. The number of methoxy groups -OCH3 is 1. The molecule has 0 spiro atoms. The van der Waals surface area contributed by atoms with Crippen LogP contribution in [0.1, 0.15) is 6.42 Å². The van der Waals surface area contributed by atoms with E-state index in [0.29, 0.717) is 6.54 Å². The highest BCUT2D eigenvalue weighted by Gasteiger charge is 2.35. The van der Waals surface area contributed by atoms with Gasteiger partial charge in [0.1, 0.15) is 0 Å². The van der Waals surface area contributed by atoms with Gasteiger partial charge in [-0.15, -0.1) is 0 Å². The molecule has 1 aliphatic heterocycles. The first-order chi connectivity index (χ1) is 5.26. The van der Waals surface area contributed by atoms with Gasteiger partial charge < -0.3 is 15.4 Å². The molecule has 0 aliphatic carbocycles. The standard InChI is InChI=1S/C8H16N2O/c1-3-10-5-4-8(6-9,7-10)11-2/h3H,1,4-7,9H2,2H3. The van der Waals surface area contributed by atoms with Gasteiger partial charge in [0.25, 0.3) is 0 Å². The topological polar surface area (TPSA) is 38.5 Å². The van der Waals surface area contributed by atoms with Gasteiger partial charge in [-0.3, -0.25) is 0 Å². The number of rotatable bonds is 3. The summed E-state index contributed by atoms with van der Waals surface area (Å²) < 4.78 is 5.37. The van der Waals surface area contributed by atoms with Gasteiger partial charge in [-0.2, -0.15) is 0 Å². The Bertz CT molecular complexity index is 143. The Labute approximate surface area is 67.8 Å². The molecule has 1 saturated heterocycles. The van der Waals surface area contributed by atoms with Gasteiger partial charge in [0.05, 0.1) is 5.60 Å². The van der Waals surface area contributed by atoms with Gasteiger partial charge >= 0.3 is 0 Å². The van der Waals surface area contributed by atoms with Crippen molar-refractivity contribution < 1.29 is 4.74 Å². The molecule has 1 unspecified atom stereocenters. The third-order valence-corrected chi connectivity index (χ3v) is 2.41. The van der Waals surface area contributed by atoms with E-state index in [0.717, 1.165) is 19.5 Å². The normalized spacial score (nSPS) is 30.9. The van der Waals surface area contributed by atoms with Crippen molar-refractivity contribution in [2.45, 2.75) is 12.0 Å². The second-order valence-corrected chi connectivity index (χ2v) is 2.99. The molecular formula is C8H16N2O. The van der Waals surface area contributed by atoms with E-state index in [-0.39, 0.29) is 5.60 Å². The molecule has 3 nitrogen and oxygen atoms in total. The molecule has 0 aromatic heterocycles. The Hall–Kier alpha value is -0.540. The smallest absolute Gasteiger partial charge is 0.0990 e. The molecule has 0 amide bonds. The lowest BCUT2D eigenvalue weighted by atomic mass is 10.0. The molecule has 3 heteroatoms. The van der Waals surface area contributed by atoms with Crippen molar-refractivity contribution in [3.05, 3.63) is 12.8 Å². The van der Waals surface area contributed by atoms with E-state index >= 15 is 0 Å². The van der Waals surface area contributed by atoms with Crippen LogP contribution in [0.25, 0.3) is 0 Å². The molecule has 0 saturated carbocycles. The summed E-state index contributed by atoms with van der Waals surface area (Å²) in [4.78, 5) is 2.14. The van der Waals surface area contributed by atoms with Crippen LogP contribution in [0.5, 0.6) is 0 Å². The van der Waals surface area contributed by atoms with Gasteiger partial charge in [0, 0.05) is 26.7 Å². The molecule has 64 valence electrons. The van der Waals surface area contributed by atoms with Crippen molar-refractivity contribution in [2.75, 3.05) is 26.7 Å². The molecule has 0 aromatic carbocycles. The molecule has 1 aliphatic rings. The lowest BCUT2D eigenvalue weighted by Gasteiger charge is -2.25. The first-order valence-electron chi connectivity index (χ1n) is 3.88. The van der Waals surface area contributed by atoms with E-state index in [2.05, 4.69) is 11.5 Å². The second-order valence-electron chi connectivity index (χ2n) is 2.99. The molecule has 1 rings (SSSR count). The maximum atomic E-state index is 5.61. The van der Waals surface area contributed by atoms with Crippen molar-refractivity contribution in [3.8, 4) is 0 Å². The molecule has 2 N–H and O–H groups in total. The second kappa shape index (κ2) is 3.24. The van der Waals surface area contributed by atoms with Gasteiger partial charge in [-0.25, -0.2) is 0 Å². The summed E-state index contributed by atoms with van der Waals surface area (Å²) in [6.07, 6.45) is 2.85. The monoisotopic (exact) mass is 156 g/mol. The van der Waals surface area contributed by atoms with Crippen molar-refractivity contribution in [3.63, 3.8) is 0 Å². The molecule has 11 heavy (non-hydrogen) atoms. The molecule has 0 aromatic rings. The quantitative estimate of drug-likeness (QED) is 0.633. The minimum atomic E-state index is -0.117. The number of likely N-dealkylation sites (tertiary alicyclic amines) is 1. The van der Waals surface area contributed by atoms with E-state index in [1.54, 1.807) is 7.11 Å². The first-order valence-corrected chi connectivity index (χ1v) is 3.88. The number of hydrogen-bond donors (Lipinski definition) is 1. The zero-order valence-corrected chi connectivity index (χ0v) is 7.05. The van der Waals surface area contributed by atoms with Crippen LogP contribution in [0.2, 0.25) is 0 Å². The lowest BCUT2D eigenvalue weighted by molar-refractivity contribution is 0.00938. The Kier molecular flexibility index (Phi) is 2.52. The number of nitrogens with two attached hydrogens (primary N) is 1. The third-order valence-electron chi connectivity index (χ3n) is 2.41. The largest absolute Gasteiger partial charge is 0.375 e. The van der Waals surface area contributed by atoms with Gasteiger partial charge in [-0.1, -0.05) is 6.58 Å². The van der Waals surface area contributed by atoms with Crippen molar-refractivity contribution in [1.82, 2.24) is 4.90 Å². The summed E-state index contributed by atoms with van der Waals surface area (Å²) in [7, 11) is 1.72. The molecular weight excluding hydrogens is 140 g/mol. The number of nitrogens with zero attached hydrogens (tertiary/aromatic N) is 1. The van der Waals surface area contributed by atoms with Crippen LogP contribution in [0.15, 0.2) is 12.8 Å². The van der Waals surface area contributed by atoms with Gasteiger partial charge in [-0.05, 0) is 12.6 Å². The van der Waals surface area contributed by atoms with Crippen LogP contribution in [-0.4, -0.2) is 37.2 Å². The SMILES string of the molecule is C=CN1CCC(CN)(OC)C1. The number of hydrogen-bond acceptors (Lipinski definition) is 3. The van der Waals surface area contributed by atoms with E-state index in [4.69, 9.17) is 10.5 Å². The summed E-state index contributed by atoms with van der Waals surface area (Å²) in [5.41, 5.74) is 5.49. The minimum Gasteiger partial charge on any atom is -0.375 e. The Morgan fingerprint density at radius 1 is 1.82 bits per heavy atom. The van der Waals surface area contributed by atoms with Gasteiger partial charge in [0.2, 0.25) is 0 Å². The van der Waals surface area contributed by atoms with Crippen LogP contribution < -0.4 is 5.73 Å². The fourth-order valence-electron chi connectivity index (χ4n) is 1.45. The van der Waals surface area contributed by atoms with Crippen LogP contribution >= 0.6 is 0 Å². The van der Waals surface area contributed by atoms with E-state index < -0.39 is 0 Å². The maximum Gasteiger partial charge on any atom is 0.0990 e. The number of ether oxygens (including phenoxy) is 1. The molecule has 0 radical (unpaired) electrons. The average Bonchev–Trinajstić information content (AvgIpc) is 2.49. The summed E-state index contributed by atoms with van der Waals surface area (Å²) in [5, 5.41) is 0. The molecule has 1 atom stereocenters. The predicted octanol–water partition coefficient (Wildman–Crippen LogP) is 0.180. The summed E-state index contributed by atoms with van der Waals surface area (Å²) in [6.45, 7) is 6.18. The van der Waals surface area contributed by atoms with Crippen molar-refractivity contribution in [2.24, 2.45) is 5.73 Å². The van der Waals surface area contributed by atoms with Gasteiger partial charge in [0.15, 0.2) is 0 Å². The van der Waals surface area contributed by atoms with Crippen LogP contribution in [-0.2, 0) is 4.74 Å². The average molecular weight is 156 g/mol. The molecule has 1 heterocycles. The highest BCUT2D eigenvalue weighted by molar-refractivity contribution is 4.95. The van der Waals surface area contributed by atoms with E-state index in [9.17, 15) is 0 Å². The summed E-state index contributed by atoms with van der Waals surface area (Å²) in [6, 6.07) is 0. The fourth-order valence-corrected chi connectivity index (χ4v) is 1.45. The van der Waals surface area contributed by atoms with E-state index in [1.807, 2.05) is 6.20 Å². The maximum absolute atomic E-state index is 5.61. The lowest BCUT2D eigenvalue weighted by Crippen LogP contribution is -2.41. The highest BCUT2D eigenvalue weighted by atomic mass is 16.5. The first kappa shape index (κ1) is 8.56. The predicted molar refractivity (Wildman–Crippen MR) is 45.2 cm³/mol. The Morgan fingerprint density at radius 2 is 2.55 bits per heavy atom. The van der Waals surface area contributed by atoms with Crippen LogP contribution in [0.4, 0.5) is 0 Å². The molecule has 1 fully saturated rings. The van der Waals surface area contributed by atoms with Crippen molar-refractivity contribution >= 4 is 0 Å². The fraction of sp³-hybridized carbons (Fsp3) is 0.750. The third kappa shape index (κ3) is 1.54. The Morgan fingerprint density at radius 3 is 2.82 bits per heavy atom. The van der Waals surface area contributed by atoms with E-state index in [1.165, 1.54) is 0 Å². The van der Waals surface area contributed by atoms with Crippen molar-refractivity contribution in [1.29, 1.82) is 0 Å². The summed E-state index contributed by atoms with van der Waals surface area (Å²) in [5.74, 6) is 0. The zero-order valence-electron chi connectivity index (χ0n) is 7.05. The zero-order chi connectivity index (χ0) is 8.32. The van der Waals surface area contributed by atoms with Crippen LogP contribution in [0.3, 0.4) is 0 Å². The molecule has 0 bridgehead atoms. The minimum absolute atomic E-state index is 0.117.